The summed E-state index contributed by atoms with van der Waals surface area (Å²) >= 11 is 0. The number of benzene rings is 2. The summed E-state index contributed by atoms with van der Waals surface area (Å²) in [6.07, 6.45) is 0. The first-order chi connectivity index (χ1) is 9.63. The number of methoxy groups -OCH3 is 1. The van der Waals surface area contributed by atoms with Gasteiger partial charge in [0.1, 0.15) is 5.75 Å². The second kappa shape index (κ2) is 6.36. The Balaban J connectivity index is 2.21. The summed E-state index contributed by atoms with van der Waals surface area (Å²) < 4.78 is 17.5. The van der Waals surface area contributed by atoms with Gasteiger partial charge in [-0.25, -0.2) is 0 Å². The van der Waals surface area contributed by atoms with Crippen molar-refractivity contribution in [1.29, 1.82) is 5.26 Å². The van der Waals surface area contributed by atoms with Crippen molar-refractivity contribution in [2.24, 2.45) is 0 Å². The molecule has 0 aromatic heterocycles. The third-order valence-corrected chi connectivity index (χ3v) is 4.42. The summed E-state index contributed by atoms with van der Waals surface area (Å²) in [4.78, 5) is 0.744. The van der Waals surface area contributed by atoms with Crippen molar-refractivity contribution in [3.8, 4) is 11.8 Å². The van der Waals surface area contributed by atoms with Crippen molar-refractivity contribution in [3.63, 3.8) is 0 Å². The molecule has 0 bridgehead atoms. The molecule has 0 fully saturated rings. The lowest BCUT2D eigenvalue weighted by atomic mass is 10.1. The minimum atomic E-state index is -1.13. The maximum atomic E-state index is 12.4. The van der Waals surface area contributed by atoms with Crippen LogP contribution in [0.4, 0.5) is 0 Å². The van der Waals surface area contributed by atoms with Gasteiger partial charge in [0.25, 0.3) is 0 Å². The summed E-state index contributed by atoms with van der Waals surface area (Å²) in [7, 11) is 0.462. The summed E-state index contributed by atoms with van der Waals surface area (Å²) in [5, 5.41) is 8.85. The van der Waals surface area contributed by atoms with Gasteiger partial charge >= 0.3 is 0 Å². The minimum absolute atomic E-state index is 0.435. The highest BCUT2D eigenvalue weighted by atomic mass is 32.2. The second-order valence-electron chi connectivity index (χ2n) is 4.42. The molecule has 4 heteroatoms. The van der Waals surface area contributed by atoms with E-state index in [-0.39, 0.29) is 0 Å². The van der Waals surface area contributed by atoms with E-state index < -0.39 is 10.8 Å². The highest BCUT2D eigenvalue weighted by Gasteiger charge is 2.08. The smallest absolute Gasteiger partial charge is 0.120 e. The largest absolute Gasteiger partial charge is 0.497 e. The number of nitriles is 1. The summed E-state index contributed by atoms with van der Waals surface area (Å²) in [6, 6.07) is 14.8. The van der Waals surface area contributed by atoms with Gasteiger partial charge in [-0.15, -0.1) is 0 Å². The van der Waals surface area contributed by atoms with Gasteiger partial charge in [-0.05, 0) is 48.4 Å². The van der Waals surface area contributed by atoms with Crippen LogP contribution in [-0.4, -0.2) is 11.3 Å². The molecule has 20 heavy (non-hydrogen) atoms. The molecule has 0 saturated carbocycles. The normalized spacial score (nSPS) is 11.7. The fourth-order valence-corrected chi connectivity index (χ4v) is 3.15. The standard InChI is InChI=1S/C16H15NO2S/c1-12-8-13(10-17)6-7-14(12)11-20(18)16-5-3-4-15(9-16)19-2/h3-9H,11H2,1-2H3. The van der Waals surface area contributed by atoms with E-state index in [2.05, 4.69) is 6.07 Å². The predicted octanol–water partition coefficient (Wildman–Crippen LogP) is 3.18. The topological polar surface area (TPSA) is 50.1 Å². The maximum Gasteiger partial charge on any atom is 0.120 e. The number of rotatable bonds is 4. The van der Waals surface area contributed by atoms with Crippen molar-refractivity contribution in [2.75, 3.05) is 7.11 Å². The molecule has 2 aromatic rings. The Kier molecular flexibility index (Phi) is 4.54. The SMILES string of the molecule is COc1cccc(S(=O)Cc2ccc(C#N)cc2C)c1. The summed E-state index contributed by atoms with van der Waals surface area (Å²) in [5.41, 5.74) is 2.60. The molecule has 0 aliphatic heterocycles. The Morgan fingerprint density at radius 3 is 2.70 bits per heavy atom. The van der Waals surface area contributed by atoms with Crippen molar-refractivity contribution >= 4 is 10.8 Å². The Morgan fingerprint density at radius 2 is 2.05 bits per heavy atom. The fourth-order valence-electron chi connectivity index (χ4n) is 1.89. The first-order valence-corrected chi connectivity index (χ1v) is 7.48. The van der Waals surface area contributed by atoms with Crippen LogP contribution in [0.25, 0.3) is 0 Å². The molecule has 3 nitrogen and oxygen atoms in total. The van der Waals surface area contributed by atoms with E-state index in [4.69, 9.17) is 10.00 Å². The van der Waals surface area contributed by atoms with Crippen LogP contribution < -0.4 is 4.74 Å². The van der Waals surface area contributed by atoms with Crippen LogP contribution in [0, 0.1) is 18.3 Å². The zero-order chi connectivity index (χ0) is 14.5. The lowest BCUT2D eigenvalue weighted by molar-refractivity contribution is 0.413. The van der Waals surface area contributed by atoms with Crippen LogP contribution in [-0.2, 0) is 16.6 Å². The van der Waals surface area contributed by atoms with Gasteiger partial charge in [0.15, 0.2) is 0 Å². The Labute approximate surface area is 121 Å². The molecule has 0 aliphatic carbocycles. The average molecular weight is 285 g/mol. The zero-order valence-electron chi connectivity index (χ0n) is 11.4. The third-order valence-electron chi connectivity index (χ3n) is 3.06. The third kappa shape index (κ3) is 3.25. The van der Waals surface area contributed by atoms with E-state index in [1.54, 1.807) is 19.2 Å². The molecule has 2 rings (SSSR count). The van der Waals surface area contributed by atoms with E-state index in [1.807, 2.05) is 37.3 Å². The number of nitrogens with zero attached hydrogens (tertiary/aromatic N) is 1. The summed E-state index contributed by atoms with van der Waals surface area (Å²) in [5.74, 6) is 1.14. The van der Waals surface area contributed by atoms with Crippen LogP contribution in [0.15, 0.2) is 47.4 Å². The van der Waals surface area contributed by atoms with Gasteiger partial charge in [-0.1, -0.05) is 12.1 Å². The van der Waals surface area contributed by atoms with E-state index >= 15 is 0 Å². The lowest BCUT2D eigenvalue weighted by Crippen LogP contribution is -1.99. The van der Waals surface area contributed by atoms with Gasteiger partial charge in [-0.3, -0.25) is 4.21 Å². The van der Waals surface area contributed by atoms with Gasteiger partial charge < -0.3 is 4.74 Å². The molecule has 0 N–H and O–H groups in total. The average Bonchev–Trinajstić information content (AvgIpc) is 2.49. The van der Waals surface area contributed by atoms with Gasteiger partial charge in [-0.2, -0.15) is 5.26 Å². The van der Waals surface area contributed by atoms with Crippen LogP contribution in [0.5, 0.6) is 5.75 Å². The highest BCUT2D eigenvalue weighted by molar-refractivity contribution is 7.84. The Bertz CT molecular complexity index is 689. The number of hydrogen-bond donors (Lipinski definition) is 0. The van der Waals surface area contributed by atoms with E-state index in [0.717, 1.165) is 16.0 Å². The molecule has 0 aliphatic rings. The van der Waals surface area contributed by atoms with Crippen molar-refractivity contribution in [2.45, 2.75) is 17.6 Å². The van der Waals surface area contributed by atoms with Gasteiger partial charge in [0, 0.05) is 4.90 Å². The molecule has 102 valence electrons. The summed E-state index contributed by atoms with van der Waals surface area (Å²) in [6.45, 7) is 1.93. The minimum Gasteiger partial charge on any atom is -0.497 e. The zero-order valence-corrected chi connectivity index (χ0v) is 12.2. The number of hydrogen-bond acceptors (Lipinski definition) is 3. The number of ether oxygens (including phenoxy) is 1. The van der Waals surface area contributed by atoms with Crippen molar-refractivity contribution in [1.82, 2.24) is 0 Å². The maximum absolute atomic E-state index is 12.4. The highest BCUT2D eigenvalue weighted by Crippen LogP contribution is 2.20. The van der Waals surface area contributed by atoms with E-state index in [0.29, 0.717) is 17.1 Å². The lowest BCUT2D eigenvalue weighted by Gasteiger charge is -2.07. The van der Waals surface area contributed by atoms with Crippen molar-refractivity contribution < 1.29 is 8.95 Å². The second-order valence-corrected chi connectivity index (χ2v) is 5.87. The molecule has 2 aromatic carbocycles. The van der Waals surface area contributed by atoms with Crippen LogP contribution in [0.2, 0.25) is 0 Å². The van der Waals surface area contributed by atoms with Crippen LogP contribution in [0.3, 0.4) is 0 Å². The Hall–Kier alpha value is -2.12. The first kappa shape index (κ1) is 14.3. The quantitative estimate of drug-likeness (QED) is 0.867. The van der Waals surface area contributed by atoms with Gasteiger partial charge in [0.2, 0.25) is 0 Å². The van der Waals surface area contributed by atoms with Gasteiger partial charge in [0.05, 0.1) is 35.3 Å². The molecule has 0 amide bonds. The molecule has 0 spiro atoms. The molecular weight excluding hydrogens is 270 g/mol. The molecule has 1 unspecified atom stereocenters. The van der Waals surface area contributed by atoms with Crippen LogP contribution in [0.1, 0.15) is 16.7 Å². The van der Waals surface area contributed by atoms with E-state index in [1.165, 1.54) is 0 Å². The first-order valence-electron chi connectivity index (χ1n) is 6.16. The van der Waals surface area contributed by atoms with E-state index in [9.17, 15) is 4.21 Å². The fraction of sp³-hybridized carbons (Fsp3) is 0.188. The molecule has 0 heterocycles. The molecular formula is C16H15NO2S. The monoisotopic (exact) mass is 285 g/mol. The predicted molar refractivity (Wildman–Crippen MR) is 79.0 cm³/mol. The number of aryl methyl sites for hydroxylation is 1. The van der Waals surface area contributed by atoms with Crippen molar-refractivity contribution in [3.05, 3.63) is 59.2 Å². The molecule has 0 saturated heterocycles. The van der Waals surface area contributed by atoms with Crippen LogP contribution >= 0.6 is 0 Å². The molecule has 1 atom stereocenters. The Morgan fingerprint density at radius 1 is 1.25 bits per heavy atom. The molecule has 0 radical (unpaired) electrons.